The highest BCUT2D eigenvalue weighted by atomic mass is 32.2. The zero-order chi connectivity index (χ0) is 27.3. The van der Waals surface area contributed by atoms with Crippen LogP contribution in [0.1, 0.15) is 67.7 Å². The number of carbonyl (C=O) groups is 3. The summed E-state index contributed by atoms with van der Waals surface area (Å²) in [6.07, 6.45) is 9.67. The van der Waals surface area contributed by atoms with Crippen LogP contribution >= 0.6 is 11.8 Å². The second kappa shape index (κ2) is 10.2. The molecule has 0 radical (unpaired) electrons. The molecule has 0 unspecified atom stereocenters. The van der Waals surface area contributed by atoms with Crippen LogP contribution in [0.15, 0.2) is 41.3 Å². The van der Waals surface area contributed by atoms with Gasteiger partial charge in [0.05, 0.1) is 11.5 Å². The summed E-state index contributed by atoms with van der Waals surface area (Å²) in [5, 5.41) is 2.41. The van der Waals surface area contributed by atoms with Gasteiger partial charge in [0.2, 0.25) is 5.91 Å². The van der Waals surface area contributed by atoms with E-state index in [0.717, 1.165) is 51.1 Å². The smallest absolute Gasteiger partial charge is 0.294 e. The number of anilines is 1. The highest BCUT2D eigenvalue weighted by Gasteiger charge is 2.51. The quantitative estimate of drug-likeness (QED) is 0.386. The Morgan fingerprint density at radius 2 is 1.77 bits per heavy atom. The van der Waals surface area contributed by atoms with Crippen LogP contribution < -0.4 is 10.1 Å². The standard InChI is InChI=1S/C32H36N2O4S/c1-4-38-27-9-8-25(32-15-21-10-22(16-32)12-23(11-21)17-32)13-24(27)14-28-30(36)34(31(37)39-28)18-29(35)33-26-7-5-6-19(2)20(26)3/h5-9,13-14,21-23H,4,10-12,15-18H2,1-3H3,(H,33,35)/b28-14+. The van der Waals surface area contributed by atoms with Crippen molar-refractivity contribution < 1.29 is 19.1 Å². The second-order valence-electron chi connectivity index (χ2n) is 11.9. The predicted molar refractivity (Wildman–Crippen MR) is 155 cm³/mol. The number of aryl methyl sites for hydroxylation is 1. The number of imide groups is 1. The molecule has 0 aromatic heterocycles. The first-order chi connectivity index (χ1) is 18.7. The molecule has 4 saturated carbocycles. The van der Waals surface area contributed by atoms with Gasteiger partial charge in [0.15, 0.2) is 0 Å². The number of hydrogen-bond donors (Lipinski definition) is 1. The third-order valence-electron chi connectivity index (χ3n) is 9.30. The molecule has 0 spiro atoms. The van der Waals surface area contributed by atoms with Gasteiger partial charge in [0.25, 0.3) is 11.1 Å². The molecular formula is C32H36N2O4S. The summed E-state index contributed by atoms with van der Waals surface area (Å²) in [7, 11) is 0. The number of amides is 3. The van der Waals surface area contributed by atoms with E-state index in [1.54, 1.807) is 6.08 Å². The van der Waals surface area contributed by atoms with Crippen molar-refractivity contribution in [1.29, 1.82) is 0 Å². The van der Waals surface area contributed by atoms with Gasteiger partial charge in [-0.05, 0) is 135 Å². The van der Waals surface area contributed by atoms with E-state index in [-0.39, 0.29) is 12.0 Å². The molecule has 0 atom stereocenters. The lowest BCUT2D eigenvalue weighted by molar-refractivity contribution is -0.127. The van der Waals surface area contributed by atoms with E-state index in [1.807, 2.05) is 45.0 Å². The zero-order valence-electron chi connectivity index (χ0n) is 22.9. The third-order valence-corrected chi connectivity index (χ3v) is 10.2. The number of rotatable bonds is 7. The summed E-state index contributed by atoms with van der Waals surface area (Å²) in [4.78, 5) is 40.2. The minimum atomic E-state index is -0.441. The van der Waals surface area contributed by atoms with Gasteiger partial charge >= 0.3 is 0 Å². The van der Waals surface area contributed by atoms with Crippen molar-refractivity contribution in [2.45, 2.75) is 64.7 Å². The molecule has 1 saturated heterocycles. The molecule has 7 heteroatoms. The number of carbonyl (C=O) groups excluding carboxylic acids is 3. The van der Waals surface area contributed by atoms with E-state index in [9.17, 15) is 14.4 Å². The fourth-order valence-electron chi connectivity index (χ4n) is 7.74. The Morgan fingerprint density at radius 1 is 1.08 bits per heavy atom. The molecule has 2 aromatic rings. The summed E-state index contributed by atoms with van der Waals surface area (Å²) >= 11 is 0.886. The molecule has 5 fully saturated rings. The van der Waals surface area contributed by atoms with Crippen LogP contribution in [0.2, 0.25) is 0 Å². The van der Waals surface area contributed by atoms with E-state index in [4.69, 9.17) is 4.74 Å². The molecule has 204 valence electrons. The minimum absolute atomic E-state index is 0.216. The van der Waals surface area contributed by atoms with Crippen LogP contribution in [0, 0.1) is 31.6 Å². The Morgan fingerprint density at radius 3 is 2.44 bits per heavy atom. The highest BCUT2D eigenvalue weighted by molar-refractivity contribution is 8.18. The molecular weight excluding hydrogens is 508 g/mol. The van der Waals surface area contributed by atoms with Crippen LogP contribution in [0.25, 0.3) is 6.08 Å². The van der Waals surface area contributed by atoms with Crippen molar-refractivity contribution >= 4 is 40.6 Å². The third kappa shape index (κ3) is 4.90. The fraction of sp³-hybridized carbons (Fsp3) is 0.469. The summed E-state index contributed by atoms with van der Waals surface area (Å²) in [6.45, 7) is 6.04. The number of hydrogen-bond acceptors (Lipinski definition) is 5. The summed E-state index contributed by atoms with van der Waals surface area (Å²) in [5.41, 5.74) is 5.09. The first-order valence-electron chi connectivity index (χ1n) is 14.1. The van der Waals surface area contributed by atoms with Crippen LogP contribution in [-0.4, -0.2) is 35.1 Å². The molecule has 5 aliphatic rings. The molecule has 3 amide bonds. The van der Waals surface area contributed by atoms with Crippen LogP contribution in [-0.2, 0) is 15.0 Å². The van der Waals surface area contributed by atoms with Crippen LogP contribution in [0.3, 0.4) is 0 Å². The molecule has 2 aromatic carbocycles. The van der Waals surface area contributed by atoms with Gasteiger partial charge in [-0.25, -0.2) is 0 Å². The van der Waals surface area contributed by atoms with E-state index >= 15 is 0 Å². The van der Waals surface area contributed by atoms with Crippen molar-refractivity contribution in [2.24, 2.45) is 17.8 Å². The topological polar surface area (TPSA) is 75.7 Å². The number of nitrogens with zero attached hydrogens (tertiary/aromatic N) is 1. The fourth-order valence-corrected chi connectivity index (χ4v) is 8.57. The first-order valence-corrected chi connectivity index (χ1v) is 14.9. The van der Waals surface area contributed by atoms with Crippen molar-refractivity contribution in [3.63, 3.8) is 0 Å². The van der Waals surface area contributed by atoms with Crippen LogP contribution in [0.5, 0.6) is 5.75 Å². The molecule has 7 rings (SSSR count). The second-order valence-corrected chi connectivity index (χ2v) is 12.9. The van der Waals surface area contributed by atoms with Crippen molar-refractivity contribution in [2.75, 3.05) is 18.5 Å². The zero-order valence-corrected chi connectivity index (χ0v) is 23.7. The average molecular weight is 545 g/mol. The maximum absolute atomic E-state index is 13.3. The van der Waals surface area contributed by atoms with E-state index in [0.29, 0.717) is 22.9 Å². The normalized spacial score (nSPS) is 28.4. The molecule has 4 aliphatic carbocycles. The van der Waals surface area contributed by atoms with Gasteiger partial charge in [0, 0.05) is 11.3 Å². The summed E-state index contributed by atoms with van der Waals surface area (Å²) < 4.78 is 5.93. The lowest BCUT2D eigenvalue weighted by Gasteiger charge is -2.57. The first kappa shape index (κ1) is 26.2. The summed E-state index contributed by atoms with van der Waals surface area (Å²) in [6, 6.07) is 12.1. The number of nitrogens with one attached hydrogen (secondary N) is 1. The Balaban J connectivity index is 1.24. The van der Waals surface area contributed by atoms with Gasteiger partial charge in [-0.1, -0.05) is 18.2 Å². The Kier molecular flexibility index (Phi) is 6.82. The Labute approximate surface area is 234 Å². The maximum Gasteiger partial charge on any atom is 0.294 e. The number of thioether (sulfide) groups is 1. The molecule has 1 N–H and O–H groups in total. The van der Waals surface area contributed by atoms with Gasteiger partial charge in [0.1, 0.15) is 12.3 Å². The molecule has 1 heterocycles. The average Bonchev–Trinajstić information content (AvgIpc) is 3.14. The van der Waals surface area contributed by atoms with Crippen LogP contribution in [0.4, 0.5) is 10.5 Å². The van der Waals surface area contributed by atoms with Gasteiger partial charge < -0.3 is 10.1 Å². The molecule has 6 nitrogen and oxygen atoms in total. The number of benzene rings is 2. The van der Waals surface area contributed by atoms with Gasteiger partial charge in [-0.3, -0.25) is 19.3 Å². The van der Waals surface area contributed by atoms with E-state index in [1.165, 1.54) is 44.1 Å². The lowest BCUT2D eigenvalue weighted by Crippen LogP contribution is -2.48. The number of ether oxygens (including phenoxy) is 1. The lowest BCUT2D eigenvalue weighted by atomic mass is 9.48. The SMILES string of the molecule is CCOc1ccc(C23CC4CC(CC(C4)C2)C3)cc1/C=C1/SC(=O)N(CC(=O)Nc2cccc(C)c2C)C1=O. The minimum Gasteiger partial charge on any atom is -0.493 e. The Hall–Kier alpha value is -3.06. The molecule has 39 heavy (non-hydrogen) atoms. The molecule has 4 bridgehead atoms. The Bertz CT molecular complexity index is 1340. The van der Waals surface area contributed by atoms with Gasteiger partial charge in [-0.2, -0.15) is 0 Å². The van der Waals surface area contributed by atoms with Gasteiger partial charge in [-0.15, -0.1) is 0 Å². The highest BCUT2D eigenvalue weighted by Crippen LogP contribution is 2.61. The van der Waals surface area contributed by atoms with Crippen molar-refractivity contribution in [1.82, 2.24) is 4.90 Å². The molecule has 1 aliphatic heterocycles. The van der Waals surface area contributed by atoms with E-state index < -0.39 is 17.1 Å². The largest absolute Gasteiger partial charge is 0.493 e. The predicted octanol–water partition coefficient (Wildman–Crippen LogP) is 6.84. The monoisotopic (exact) mass is 544 g/mol. The van der Waals surface area contributed by atoms with E-state index in [2.05, 4.69) is 17.4 Å². The maximum atomic E-state index is 13.3. The van der Waals surface area contributed by atoms with Crippen molar-refractivity contribution in [3.8, 4) is 5.75 Å². The van der Waals surface area contributed by atoms with Crippen molar-refractivity contribution in [3.05, 3.63) is 63.6 Å². The summed E-state index contributed by atoms with van der Waals surface area (Å²) in [5.74, 6) is 2.37.